The van der Waals surface area contributed by atoms with E-state index in [-0.39, 0.29) is 28.5 Å². The molecular formula is C32H19F17O. The molecule has 272 valence electrons. The van der Waals surface area contributed by atoms with Crippen LogP contribution in [0.15, 0.2) is 66.7 Å². The minimum Gasteiger partial charge on any atom is -0.490 e. The van der Waals surface area contributed by atoms with Gasteiger partial charge in [-0.05, 0) is 59.2 Å². The van der Waals surface area contributed by atoms with Crippen LogP contribution in [0.25, 0.3) is 32.7 Å². The normalized spacial score (nSPS) is 14.6. The summed E-state index contributed by atoms with van der Waals surface area (Å²) in [4.78, 5) is 0. The highest BCUT2D eigenvalue weighted by molar-refractivity contribution is 6.13. The summed E-state index contributed by atoms with van der Waals surface area (Å²) in [6.45, 7) is 8.55. The third-order valence-corrected chi connectivity index (χ3v) is 7.60. The summed E-state index contributed by atoms with van der Waals surface area (Å²) in [5, 5.41) is 1.05. The Bertz CT molecular complexity index is 1850. The van der Waals surface area contributed by atoms with Crippen molar-refractivity contribution in [3.8, 4) is 16.9 Å². The zero-order valence-electron chi connectivity index (χ0n) is 24.8. The molecule has 4 aromatic carbocycles. The number of ether oxygens (including phenoxy) is 1. The summed E-state index contributed by atoms with van der Waals surface area (Å²) < 4.78 is 244. The molecule has 0 saturated heterocycles. The Balaban J connectivity index is 2.01. The lowest BCUT2D eigenvalue weighted by molar-refractivity contribution is -0.462. The Labute approximate surface area is 270 Å². The average molecular weight is 742 g/mol. The molecule has 0 amide bonds. The highest BCUT2D eigenvalue weighted by Crippen LogP contribution is 2.65. The van der Waals surface area contributed by atoms with Crippen molar-refractivity contribution in [1.82, 2.24) is 0 Å². The minimum absolute atomic E-state index is 0.00499. The monoisotopic (exact) mass is 742 g/mol. The standard InChI is InChI=1S/C32H19F17O/c1-15(2)50-24-16(3)12-19(14-22(24)23-20-10-6-4-8-17(20)13-18-9-5-7-11-21(18)23)25(33,34)26(35,36)27(37,38)28(39,40)29(41,42)30(43,44)31(45,46)32(47,48)49/h3-15H,1-2H3. The highest BCUT2D eigenvalue weighted by atomic mass is 19.4. The molecule has 0 aliphatic heterocycles. The molecule has 50 heavy (non-hydrogen) atoms. The first-order valence-electron chi connectivity index (χ1n) is 13.7. The lowest BCUT2D eigenvalue weighted by Gasteiger charge is -2.43. The summed E-state index contributed by atoms with van der Waals surface area (Å²) in [6.07, 6.45) is -8.70. The maximum absolute atomic E-state index is 15.5. The molecule has 2 radical (unpaired) electrons. The molecule has 0 atom stereocenters. The smallest absolute Gasteiger partial charge is 0.460 e. The molecule has 0 aliphatic carbocycles. The molecule has 18 heteroatoms. The second kappa shape index (κ2) is 11.8. The fraction of sp³-hybridized carbons (Fsp3) is 0.344. The largest absolute Gasteiger partial charge is 0.490 e. The average Bonchev–Trinajstić information content (AvgIpc) is 2.99. The molecule has 1 nitrogen and oxygen atoms in total. The zero-order valence-corrected chi connectivity index (χ0v) is 24.8. The third-order valence-electron chi connectivity index (χ3n) is 7.60. The van der Waals surface area contributed by atoms with Gasteiger partial charge in [-0.25, -0.2) is 0 Å². The van der Waals surface area contributed by atoms with Gasteiger partial charge in [-0.2, -0.15) is 74.6 Å². The Morgan fingerprint density at radius 2 is 0.920 bits per heavy atom. The molecule has 4 rings (SSSR count). The van der Waals surface area contributed by atoms with Gasteiger partial charge in [0.15, 0.2) is 0 Å². The van der Waals surface area contributed by atoms with E-state index in [2.05, 4.69) is 0 Å². The van der Waals surface area contributed by atoms with Crippen LogP contribution in [0.2, 0.25) is 0 Å². The quantitative estimate of drug-likeness (QED) is 0.116. The van der Waals surface area contributed by atoms with Gasteiger partial charge >= 0.3 is 47.6 Å². The number of hydrogen-bond donors (Lipinski definition) is 0. The molecule has 0 aliphatic rings. The Kier molecular flexibility index (Phi) is 9.15. The van der Waals surface area contributed by atoms with Crippen LogP contribution >= 0.6 is 0 Å². The summed E-state index contributed by atoms with van der Waals surface area (Å²) in [5.74, 6) is -58.0. The minimum atomic E-state index is -8.73. The van der Waals surface area contributed by atoms with Crippen LogP contribution in [-0.4, -0.2) is 47.8 Å². The third kappa shape index (κ3) is 5.38. The van der Waals surface area contributed by atoms with E-state index in [1.54, 1.807) is 6.07 Å². The van der Waals surface area contributed by atoms with Crippen molar-refractivity contribution in [3.05, 3.63) is 84.8 Å². The Hall–Kier alpha value is -3.99. The van der Waals surface area contributed by atoms with Crippen molar-refractivity contribution in [3.63, 3.8) is 0 Å². The summed E-state index contributed by atoms with van der Waals surface area (Å²) in [5.41, 5.74) is -4.28. The van der Waals surface area contributed by atoms with E-state index in [0.717, 1.165) is 0 Å². The Morgan fingerprint density at radius 3 is 1.34 bits per heavy atom. The van der Waals surface area contributed by atoms with Gasteiger partial charge in [-0.3, -0.25) is 0 Å². The second-order valence-corrected chi connectivity index (χ2v) is 11.3. The van der Waals surface area contributed by atoms with Crippen LogP contribution in [0.4, 0.5) is 74.6 Å². The molecule has 0 aromatic heterocycles. The number of hydrogen-bond acceptors (Lipinski definition) is 1. The van der Waals surface area contributed by atoms with Crippen LogP contribution in [-0.2, 0) is 5.92 Å². The van der Waals surface area contributed by atoms with Crippen LogP contribution in [0, 0.1) is 6.92 Å². The van der Waals surface area contributed by atoms with Crippen molar-refractivity contribution in [1.29, 1.82) is 0 Å². The van der Waals surface area contributed by atoms with E-state index in [0.29, 0.717) is 10.8 Å². The fourth-order valence-electron chi connectivity index (χ4n) is 5.03. The van der Waals surface area contributed by atoms with Gasteiger partial charge in [0.05, 0.1) is 6.10 Å². The molecule has 0 spiro atoms. The van der Waals surface area contributed by atoms with E-state index >= 15 is 17.6 Å². The van der Waals surface area contributed by atoms with Gasteiger partial charge in [0.1, 0.15) is 5.75 Å². The highest BCUT2D eigenvalue weighted by Gasteiger charge is 2.95. The van der Waals surface area contributed by atoms with Crippen molar-refractivity contribution >= 4 is 21.5 Å². The number of halogens is 17. The van der Waals surface area contributed by atoms with Crippen LogP contribution in [0.1, 0.15) is 25.0 Å². The van der Waals surface area contributed by atoms with Crippen molar-refractivity contribution in [2.24, 2.45) is 0 Å². The number of fused-ring (bicyclic) bond motifs is 2. The zero-order chi connectivity index (χ0) is 38.3. The lowest BCUT2D eigenvalue weighted by atomic mass is 9.85. The Morgan fingerprint density at radius 1 is 0.520 bits per heavy atom. The topological polar surface area (TPSA) is 9.23 Å². The van der Waals surface area contributed by atoms with Crippen LogP contribution in [0.3, 0.4) is 0 Å². The van der Waals surface area contributed by atoms with Gasteiger partial charge in [0.2, 0.25) is 0 Å². The maximum atomic E-state index is 15.5. The summed E-state index contributed by atoms with van der Waals surface area (Å²) in [7, 11) is 0. The van der Waals surface area contributed by atoms with Crippen molar-refractivity contribution in [2.75, 3.05) is 0 Å². The maximum Gasteiger partial charge on any atom is 0.460 e. The van der Waals surface area contributed by atoms with Crippen LogP contribution < -0.4 is 4.74 Å². The number of benzene rings is 4. The van der Waals surface area contributed by atoms with E-state index in [1.165, 1.54) is 62.4 Å². The molecular weight excluding hydrogens is 723 g/mol. The number of alkyl halides is 17. The van der Waals surface area contributed by atoms with Gasteiger partial charge in [-0.15, -0.1) is 0 Å². The molecule has 0 heterocycles. The van der Waals surface area contributed by atoms with Gasteiger partial charge in [-0.1, -0.05) is 48.5 Å². The molecule has 0 bridgehead atoms. The van der Waals surface area contributed by atoms with Crippen LogP contribution in [0.5, 0.6) is 5.75 Å². The van der Waals surface area contributed by atoms with Gasteiger partial charge < -0.3 is 4.74 Å². The predicted octanol–water partition coefficient (Wildman–Crippen LogP) is 12.0. The SMILES string of the molecule is [CH]c1cc(C(F)(F)C(F)(F)C(F)(F)C(F)(F)C(F)(F)C(F)(F)C(F)(F)C(F)(F)F)cc(-c2c3ccccc3cc3ccccc23)c1OC(C)C. The molecule has 4 aromatic rings. The molecule has 0 fully saturated rings. The van der Waals surface area contributed by atoms with Gasteiger partial charge in [0, 0.05) is 23.6 Å². The summed E-state index contributed by atoms with van der Waals surface area (Å²) >= 11 is 0. The van der Waals surface area contributed by atoms with E-state index < -0.39 is 76.2 Å². The first-order chi connectivity index (χ1) is 22.5. The van der Waals surface area contributed by atoms with E-state index in [1.807, 2.05) is 0 Å². The van der Waals surface area contributed by atoms with Gasteiger partial charge in [0.25, 0.3) is 0 Å². The fourth-order valence-corrected chi connectivity index (χ4v) is 5.03. The molecule has 0 unspecified atom stereocenters. The number of rotatable bonds is 10. The van der Waals surface area contributed by atoms with E-state index in [9.17, 15) is 57.1 Å². The van der Waals surface area contributed by atoms with Crippen molar-refractivity contribution < 1.29 is 79.4 Å². The second-order valence-electron chi connectivity index (χ2n) is 11.3. The predicted molar refractivity (Wildman–Crippen MR) is 146 cm³/mol. The first-order valence-corrected chi connectivity index (χ1v) is 13.7. The van der Waals surface area contributed by atoms with Crippen molar-refractivity contribution in [2.45, 2.75) is 67.6 Å². The molecule has 0 N–H and O–H groups in total. The molecule has 0 saturated carbocycles. The summed E-state index contributed by atoms with van der Waals surface area (Å²) in [6, 6.07) is 13.1. The first kappa shape index (κ1) is 38.8. The lowest BCUT2D eigenvalue weighted by Crippen LogP contribution is -2.74. The van der Waals surface area contributed by atoms with E-state index in [4.69, 9.17) is 11.7 Å².